The highest BCUT2D eigenvalue weighted by molar-refractivity contribution is 14.1. The van der Waals surface area contributed by atoms with E-state index in [2.05, 4.69) is 27.6 Å². The lowest BCUT2D eigenvalue weighted by Crippen LogP contribution is -2.01. The third-order valence-electron chi connectivity index (χ3n) is 3.08. The number of hydrogen-bond donors (Lipinski definition) is 0. The molecule has 2 nitrogen and oxygen atoms in total. The smallest absolute Gasteiger partial charge is 0.132 e. The van der Waals surface area contributed by atoms with Gasteiger partial charge in [-0.25, -0.2) is 9.37 Å². The first-order chi connectivity index (χ1) is 9.56. The van der Waals surface area contributed by atoms with E-state index in [1.54, 1.807) is 6.07 Å². The molecular weight excluding hydrogens is 390 g/mol. The molecule has 1 unspecified atom stereocenters. The SMILES string of the molecule is CC(Cl)c1nc2ccc(F)cc2n1-c1ccc(I)cc1. The normalized spacial score (nSPS) is 12.8. The first-order valence-electron chi connectivity index (χ1n) is 6.14. The molecule has 0 bridgehead atoms. The monoisotopic (exact) mass is 400 g/mol. The molecule has 102 valence electrons. The molecule has 0 aliphatic heterocycles. The lowest BCUT2D eigenvalue weighted by Gasteiger charge is -2.10. The Morgan fingerprint density at radius 1 is 1.20 bits per heavy atom. The van der Waals surface area contributed by atoms with Gasteiger partial charge in [0.25, 0.3) is 0 Å². The summed E-state index contributed by atoms with van der Waals surface area (Å²) in [5.74, 6) is 0.436. The Morgan fingerprint density at radius 3 is 2.55 bits per heavy atom. The molecule has 3 rings (SSSR count). The second-order valence-electron chi connectivity index (χ2n) is 4.53. The Hall–Kier alpha value is -1.14. The highest BCUT2D eigenvalue weighted by Crippen LogP contribution is 2.28. The van der Waals surface area contributed by atoms with Crippen LogP contribution in [-0.4, -0.2) is 9.55 Å². The van der Waals surface area contributed by atoms with Gasteiger partial charge in [0.2, 0.25) is 0 Å². The molecule has 20 heavy (non-hydrogen) atoms. The van der Waals surface area contributed by atoms with Crippen molar-refractivity contribution < 1.29 is 4.39 Å². The summed E-state index contributed by atoms with van der Waals surface area (Å²) in [7, 11) is 0. The van der Waals surface area contributed by atoms with Gasteiger partial charge in [0.1, 0.15) is 11.6 Å². The van der Waals surface area contributed by atoms with Crippen LogP contribution in [0.5, 0.6) is 0 Å². The van der Waals surface area contributed by atoms with Crippen molar-refractivity contribution in [1.29, 1.82) is 0 Å². The Morgan fingerprint density at radius 2 is 1.90 bits per heavy atom. The number of imidazole rings is 1. The molecule has 1 aromatic heterocycles. The van der Waals surface area contributed by atoms with Crippen LogP contribution in [0.1, 0.15) is 18.1 Å². The second-order valence-corrected chi connectivity index (χ2v) is 6.43. The van der Waals surface area contributed by atoms with E-state index in [0.717, 1.165) is 20.3 Å². The lowest BCUT2D eigenvalue weighted by atomic mass is 10.2. The number of rotatable bonds is 2. The van der Waals surface area contributed by atoms with Crippen molar-refractivity contribution >= 4 is 45.2 Å². The molecule has 2 aromatic carbocycles. The summed E-state index contributed by atoms with van der Waals surface area (Å²) in [5.41, 5.74) is 2.40. The van der Waals surface area contributed by atoms with Gasteiger partial charge in [0.05, 0.1) is 16.4 Å². The highest BCUT2D eigenvalue weighted by atomic mass is 127. The topological polar surface area (TPSA) is 17.8 Å². The van der Waals surface area contributed by atoms with E-state index in [-0.39, 0.29) is 11.2 Å². The molecule has 0 aliphatic rings. The minimum absolute atomic E-state index is 0.260. The van der Waals surface area contributed by atoms with Crippen LogP contribution in [0.3, 0.4) is 0 Å². The average Bonchev–Trinajstić information content (AvgIpc) is 2.78. The highest BCUT2D eigenvalue weighted by Gasteiger charge is 2.16. The predicted octanol–water partition coefficient (Wildman–Crippen LogP) is 5.07. The molecule has 0 radical (unpaired) electrons. The third kappa shape index (κ3) is 2.42. The molecule has 0 amide bonds. The van der Waals surface area contributed by atoms with Crippen LogP contribution >= 0.6 is 34.2 Å². The number of hydrogen-bond acceptors (Lipinski definition) is 1. The zero-order chi connectivity index (χ0) is 14.3. The molecule has 1 heterocycles. The van der Waals surface area contributed by atoms with Crippen LogP contribution in [0, 0.1) is 9.39 Å². The predicted molar refractivity (Wildman–Crippen MR) is 88.0 cm³/mol. The number of benzene rings is 2. The van der Waals surface area contributed by atoms with Gasteiger partial charge in [0.15, 0.2) is 0 Å². The van der Waals surface area contributed by atoms with E-state index >= 15 is 0 Å². The Kier molecular flexibility index (Phi) is 3.69. The lowest BCUT2D eigenvalue weighted by molar-refractivity contribution is 0.629. The molecule has 1 atom stereocenters. The first kappa shape index (κ1) is 13.8. The van der Waals surface area contributed by atoms with E-state index in [1.807, 2.05) is 35.8 Å². The molecular formula is C15H11ClFIN2. The van der Waals surface area contributed by atoms with Crippen LogP contribution in [0.2, 0.25) is 0 Å². The van der Waals surface area contributed by atoms with Crippen molar-refractivity contribution in [2.45, 2.75) is 12.3 Å². The summed E-state index contributed by atoms with van der Waals surface area (Å²) in [6.07, 6.45) is 0. The second kappa shape index (κ2) is 5.33. The van der Waals surface area contributed by atoms with Crippen molar-refractivity contribution in [2.75, 3.05) is 0 Å². The van der Waals surface area contributed by atoms with Crippen LogP contribution < -0.4 is 0 Å². The molecule has 0 fully saturated rings. The van der Waals surface area contributed by atoms with Crippen molar-refractivity contribution in [3.05, 3.63) is 57.7 Å². The summed E-state index contributed by atoms with van der Waals surface area (Å²) in [4.78, 5) is 4.51. The Bertz CT molecular complexity index is 765. The largest absolute Gasteiger partial charge is 0.295 e. The summed E-state index contributed by atoms with van der Waals surface area (Å²) >= 11 is 8.47. The Balaban J connectivity index is 2.33. The molecule has 0 N–H and O–H groups in total. The molecule has 5 heteroatoms. The molecule has 0 aliphatic carbocycles. The van der Waals surface area contributed by atoms with Gasteiger partial charge in [-0.15, -0.1) is 11.6 Å². The minimum atomic E-state index is -0.280. The number of fused-ring (bicyclic) bond motifs is 1. The summed E-state index contributed by atoms with van der Waals surface area (Å²) in [6, 6.07) is 12.6. The fourth-order valence-corrected chi connectivity index (χ4v) is 2.70. The van der Waals surface area contributed by atoms with Crippen molar-refractivity contribution in [3.63, 3.8) is 0 Å². The van der Waals surface area contributed by atoms with Gasteiger partial charge in [-0.05, 0) is 65.9 Å². The minimum Gasteiger partial charge on any atom is -0.295 e. The first-order valence-corrected chi connectivity index (χ1v) is 7.65. The molecule has 0 saturated carbocycles. The summed E-state index contributed by atoms with van der Waals surface area (Å²) in [5, 5.41) is -0.260. The van der Waals surface area contributed by atoms with E-state index in [0.29, 0.717) is 5.82 Å². The van der Waals surface area contributed by atoms with Gasteiger partial charge >= 0.3 is 0 Å². The van der Waals surface area contributed by atoms with Crippen molar-refractivity contribution in [3.8, 4) is 5.69 Å². The number of alkyl halides is 1. The van der Waals surface area contributed by atoms with Crippen LogP contribution in [0.15, 0.2) is 42.5 Å². The molecule has 0 saturated heterocycles. The molecule has 3 aromatic rings. The van der Waals surface area contributed by atoms with E-state index in [4.69, 9.17) is 11.6 Å². The van der Waals surface area contributed by atoms with Crippen LogP contribution in [-0.2, 0) is 0 Å². The van der Waals surface area contributed by atoms with E-state index < -0.39 is 0 Å². The number of aromatic nitrogens is 2. The Labute approximate surface area is 134 Å². The quantitative estimate of drug-likeness (QED) is 0.434. The van der Waals surface area contributed by atoms with Crippen LogP contribution in [0.25, 0.3) is 16.7 Å². The zero-order valence-corrected chi connectivity index (χ0v) is 13.6. The van der Waals surface area contributed by atoms with Gasteiger partial charge < -0.3 is 0 Å². The van der Waals surface area contributed by atoms with Gasteiger partial charge in [-0.2, -0.15) is 0 Å². The zero-order valence-electron chi connectivity index (χ0n) is 10.6. The standard InChI is InChI=1S/C15H11ClFIN2/c1-9(16)15-19-13-7-2-10(17)8-14(13)20(15)12-5-3-11(18)4-6-12/h2-9H,1H3. The average molecular weight is 401 g/mol. The number of halogens is 3. The summed E-state index contributed by atoms with van der Waals surface area (Å²) in [6.45, 7) is 1.86. The van der Waals surface area contributed by atoms with Crippen LogP contribution in [0.4, 0.5) is 4.39 Å². The fraction of sp³-hybridized carbons (Fsp3) is 0.133. The molecule has 0 spiro atoms. The maximum atomic E-state index is 13.5. The van der Waals surface area contributed by atoms with E-state index in [1.165, 1.54) is 12.1 Å². The van der Waals surface area contributed by atoms with Gasteiger partial charge in [-0.1, -0.05) is 0 Å². The fourth-order valence-electron chi connectivity index (χ4n) is 2.20. The number of nitrogens with zero attached hydrogens (tertiary/aromatic N) is 2. The maximum absolute atomic E-state index is 13.5. The maximum Gasteiger partial charge on any atom is 0.132 e. The van der Waals surface area contributed by atoms with Gasteiger partial charge in [0, 0.05) is 15.3 Å². The van der Waals surface area contributed by atoms with Crippen molar-refractivity contribution in [2.24, 2.45) is 0 Å². The van der Waals surface area contributed by atoms with E-state index in [9.17, 15) is 4.39 Å². The third-order valence-corrected chi connectivity index (χ3v) is 4.00. The summed E-state index contributed by atoms with van der Waals surface area (Å²) < 4.78 is 16.6. The van der Waals surface area contributed by atoms with Crippen molar-refractivity contribution in [1.82, 2.24) is 9.55 Å². The van der Waals surface area contributed by atoms with Gasteiger partial charge in [-0.3, -0.25) is 4.57 Å².